The van der Waals surface area contributed by atoms with Gasteiger partial charge in [-0.15, -0.1) is 83.4 Å². The number of fused-ring (bicyclic) bond motifs is 3. The van der Waals surface area contributed by atoms with E-state index in [4.69, 9.17) is 9.40 Å². The van der Waals surface area contributed by atoms with Gasteiger partial charge in [-0.2, -0.15) is 0 Å². The Kier molecular flexibility index (Phi) is 13.6. The third-order valence-corrected chi connectivity index (χ3v) is 14.9. The molecular weight excluding hydrogens is 1150 g/mol. The van der Waals surface area contributed by atoms with Gasteiger partial charge in [-0.05, 0) is 110 Å². The number of benzene rings is 10. The van der Waals surface area contributed by atoms with Crippen molar-refractivity contribution >= 4 is 21.9 Å². The molecule has 0 atom stereocenters. The normalized spacial score (nSPS) is 11.2. The van der Waals surface area contributed by atoms with Crippen LogP contribution in [0.25, 0.3) is 145 Å². The van der Waals surface area contributed by atoms with Crippen molar-refractivity contribution in [2.45, 2.75) is 0 Å². The molecule has 80 heavy (non-hydrogen) atoms. The van der Waals surface area contributed by atoms with Crippen LogP contribution in [0.3, 0.4) is 0 Å². The van der Waals surface area contributed by atoms with Crippen LogP contribution in [0.4, 0.5) is 0 Å². The summed E-state index contributed by atoms with van der Waals surface area (Å²) >= 11 is 0. The zero-order valence-corrected chi connectivity index (χ0v) is 45.5. The number of aromatic nitrogens is 3. The van der Waals surface area contributed by atoms with E-state index in [9.17, 15) is 0 Å². The standard InChI is InChI=1S/C75H46N3O.Ir/c1-2-16-50(17-3-1)51-28-30-54(31-29-51)69-47-57(73-48-75-70(49-78-73)68-24-10-11-27-74(68)79-75)40-41-67(69)66-23-9-8-22-65(66)60-45-58(63-20-6-4-18-61(63)52-32-36-55(37-33-52)71-25-12-14-42-76-71)44-59(46-60)64-21-7-5-19-62(64)53-34-38-56(39-35-53)72-26-13-15-43-77-72;/h1-36,38,41-49H;/q-3;+3. The van der Waals surface area contributed by atoms with Gasteiger partial charge in [-0.1, -0.05) is 209 Å². The zero-order chi connectivity index (χ0) is 52.5. The number of furan rings is 1. The fourth-order valence-corrected chi connectivity index (χ4v) is 10.9. The average Bonchev–Trinajstić information content (AvgIpc) is 4.07. The van der Waals surface area contributed by atoms with Crippen molar-refractivity contribution < 1.29 is 24.5 Å². The molecule has 0 fully saturated rings. The molecule has 0 amide bonds. The SMILES string of the molecule is [Ir+3].[c-]1cc(-c2ccccc2-c2cc(-c3ccccc3-c3c[c-]c(-c4ccccn4)cc3)cc(-c3ccccc3-c3c[c-]c(-c4cc5oc6ccccc6c5cn4)cc3-c3ccc(-c4ccccc4)cc3)c2)ccc1-c1ccccn1. The maximum atomic E-state index is 6.37. The third kappa shape index (κ3) is 9.67. The predicted molar refractivity (Wildman–Crippen MR) is 323 cm³/mol. The van der Waals surface area contributed by atoms with Crippen molar-refractivity contribution in [3.8, 4) is 123 Å². The van der Waals surface area contributed by atoms with Crippen LogP contribution in [-0.2, 0) is 20.1 Å². The average molecular weight is 1200 g/mol. The quantitative estimate of drug-likeness (QED) is 0.121. The Morgan fingerprint density at radius 2 is 0.725 bits per heavy atom. The molecule has 0 radical (unpaired) electrons. The van der Waals surface area contributed by atoms with E-state index in [0.717, 1.165) is 139 Å². The molecule has 4 aromatic heterocycles. The molecule has 0 saturated heterocycles. The van der Waals surface area contributed by atoms with E-state index in [1.807, 2.05) is 79.3 Å². The monoisotopic (exact) mass is 1200 g/mol. The van der Waals surface area contributed by atoms with Crippen molar-refractivity contribution in [1.29, 1.82) is 0 Å². The first-order chi connectivity index (χ1) is 39.1. The molecule has 0 spiro atoms. The smallest absolute Gasteiger partial charge is 0.457 e. The summed E-state index contributed by atoms with van der Waals surface area (Å²) in [6.07, 6.45) is 5.57. The van der Waals surface area contributed by atoms with Crippen LogP contribution < -0.4 is 0 Å². The topological polar surface area (TPSA) is 51.8 Å². The van der Waals surface area contributed by atoms with Gasteiger partial charge < -0.3 is 19.4 Å². The Balaban J connectivity index is 0.00000605. The molecule has 0 N–H and O–H groups in total. The summed E-state index contributed by atoms with van der Waals surface area (Å²) in [4.78, 5) is 14.2. The summed E-state index contributed by atoms with van der Waals surface area (Å²) in [6.45, 7) is 0. The van der Waals surface area contributed by atoms with E-state index in [2.05, 4.69) is 228 Å². The van der Waals surface area contributed by atoms with Gasteiger partial charge in [0.15, 0.2) is 0 Å². The summed E-state index contributed by atoms with van der Waals surface area (Å²) < 4.78 is 6.37. The number of rotatable bonds is 11. The minimum absolute atomic E-state index is 0. The van der Waals surface area contributed by atoms with Gasteiger partial charge in [0, 0.05) is 29.4 Å². The number of nitrogens with zero attached hydrogens (tertiary/aromatic N) is 3. The summed E-state index contributed by atoms with van der Waals surface area (Å²) in [6, 6.07) is 103. The van der Waals surface area contributed by atoms with Crippen molar-refractivity contribution in [2.75, 3.05) is 0 Å². The molecule has 10 aromatic carbocycles. The summed E-state index contributed by atoms with van der Waals surface area (Å²) in [7, 11) is 0. The van der Waals surface area contributed by atoms with E-state index >= 15 is 0 Å². The summed E-state index contributed by atoms with van der Waals surface area (Å²) in [5.41, 5.74) is 24.5. The number of pyridine rings is 3. The van der Waals surface area contributed by atoms with E-state index in [1.165, 1.54) is 5.56 Å². The first-order valence-electron chi connectivity index (χ1n) is 26.5. The molecule has 5 heteroatoms. The van der Waals surface area contributed by atoms with Crippen LogP contribution >= 0.6 is 0 Å². The maximum absolute atomic E-state index is 6.37. The molecule has 4 nitrogen and oxygen atoms in total. The molecule has 0 aliphatic rings. The van der Waals surface area contributed by atoms with Crippen LogP contribution in [0.1, 0.15) is 0 Å². The largest absolute Gasteiger partial charge is 3.00 e. The Labute approximate surface area is 478 Å². The second kappa shape index (κ2) is 21.9. The molecule has 0 aliphatic carbocycles. The summed E-state index contributed by atoms with van der Waals surface area (Å²) in [5.74, 6) is 0. The second-order valence-corrected chi connectivity index (χ2v) is 19.6. The van der Waals surface area contributed by atoms with Crippen LogP contribution in [0.2, 0.25) is 0 Å². The molecule has 0 unspecified atom stereocenters. The third-order valence-electron chi connectivity index (χ3n) is 14.9. The van der Waals surface area contributed by atoms with Crippen molar-refractivity contribution in [3.05, 3.63) is 298 Å². The minimum atomic E-state index is 0. The van der Waals surface area contributed by atoms with E-state index < -0.39 is 0 Å². The number of para-hydroxylation sites is 1. The molecule has 14 aromatic rings. The molecule has 0 saturated carbocycles. The Morgan fingerprint density at radius 1 is 0.263 bits per heavy atom. The molecule has 376 valence electrons. The zero-order valence-electron chi connectivity index (χ0n) is 43.1. The Bertz CT molecular complexity index is 4360. The van der Waals surface area contributed by atoms with Crippen LogP contribution in [0.15, 0.2) is 284 Å². The van der Waals surface area contributed by atoms with Gasteiger partial charge in [0.25, 0.3) is 0 Å². The van der Waals surface area contributed by atoms with E-state index in [-0.39, 0.29) is 20.1 Å². The number of hydrogen-bond donors (Lipinski definition) is 0. The first-order valence-corrected chi connectivity index (χ1v) is 26.5. The van der Waals surface area contributed by atoms with Crippen molar-refractivity contribution in [1.82, 2.24) is 15.0 Å². The number of hydrogen-bond acceptors (Lipinski definition) is 4. The van der Waals surface area contributed by atoms with E-state index in [1.54, 1.807) is 0 Å². The summed E-state index contributed by atoms with van der Waals surface area (Å²) in [5, 5.41) is 2.04. The van der Waals surface area contributed by atoms with Crippen molar-refractivity contribution in [3.63, 3.8) is 0 Å². The van der Waals surface area contributed by atoms with Crippen LogP contribution in [0.5, 0.6) is 0 Å². The minimum Gasteiger partial charge on any atom is -0.457 e. The second-order valence-electron chi connectivity index (χ2n) is 19.6. The van der Waals surface area contributed by atoms with Gasteiger partial charge in [-0.25, -0.2) is 0 Å². The fourth-order valence-electron chi connectivity index (χ4n) is 10.9. The predicted octanol–water partition coefficient (Wildman–Crippen LogP) is 19.5. The van der Waals surface area contributed by atoms with Gasteiger partial charge in [0.1, 0.15) is 11.2 Å². The van der Waals surface area contributed by atoms with Crippen LogP contribution in [0, 0.1) is 18.2 Å². The molecular formula is C75H46IrN3O. The Morgan fingerprint density at radius 3 is 1.27 bits per heavy atom. The van der Waals surface area contributed by atoms with Crippen LogP contribution in [-0.4, -0.2) is 15.0 Å². The maximum Gasteiger partial charge on any atom is 3.00 e. The van der Waals surface area contributed by atoms with Gasteiger partial charge in [0.2, 0.25) is 0 Å². The van der Waals surface area contributed by atoms with Gasteiger partial charge in [0.05, 0.1) is 0 Å². The molecule has 14 rings (SSSR count). The molecule has 0 bridgehead atoms. The molecule has 4 heterocycles. The van der Waals surface area contributed by atoms with Gasteiger partial charge >= 0.3 is 20.1 Å². The Hall–Kier alpha value is -9.90. The fraction of sp³-hybridized carbons (Fsp3) is 0. The molecule has 0 aliphatic heterocycles. The first kappa shape index (κ1) is 49.7. The van der Waals surface area contributed by atoms with E-state index in [0.29, 0.717) is 0 Å². The van der Waals surface area contributed by atoms with Gasteiger partial charge in [-0.3, -0.25) is 0 Å². The van der Waals surface area contributed by atoms with Crippen molar-refractivity contribution in [2.24, 2.45) is 0 Å².